The second-order valence-electron chi connectivity index (χ2n) is 3.49. The Morgan fingerprint density at radius 3 is 2.88 bits per heavy atom. The van der Waals surface area contributed by atoms with E-state index in [4.69, 9.17) is 10.6 Å². The molecular formula is C10H14N6O. The Morgan fingerprint density at radius 2 is 2.29 bits per heavy atom. The lowest BCUT2D eigenvalue weighted by Crippen LogP contribution is -2.11. The minimum atomic E-state index is 0.405. The zero-order valence-electron chi connectivity index (χ0n) is 9.71. The smallest absolute Gasteiger partial charge is 0.180 e. The van der Waals surface area contributed by atoms with Crippen molar-refractivity contribution in [2.24, 2.45) is 12.9 Å². The van der Waals surface area contributed by atoms with Crippen LogP contribution >= 0.6 is 0 Å². The van der Waals surface area contributed by atoms with E-state index < -0.39 is 0 Å². The van der Waals surface area contributed by atoms with Crippen molar-refractivity contribution in [1.29, 1.82) is 0 Å². The molecule has 7 nitrogen and oxygen atoms in total. The van der Waals surface area contributed by atoms with Gasteiger partial charge in [0.05, 0.1) is 12.3 Å². The van der Waals surface area contributed by atoms with Gasteiger partial charge < -0.3 is 10.2 Å². The van der Waals surface area contributed by atoms with Crippen molar-refractivity contribution >= 4 is 5.82 Å². The topological polar surface area (TPSA) is 90.9 Å². The van der Waals surface area contributed by atoms with Crippen molar-refractivity contribution in [3.8, 4) is 11.5 Å². The van der Waals surface area contributed by atoms with Crippen molar-refractivity contribution in [2.45, 2.75) is 6.61 Å². The Balaban J connectivity index is 2.46. The molecule has 2 rings (SSSR count). The molecule has 0 aliphatic heterocycles. The van der Waals surface area contributed by atoms with Gasteiger partial charge in [-0.1, -0.05) is 0 Å². The van der Waals surface area contributed by atoms with E-state index in [2.05, 4.69) is 20.5 Å². The number of aryl methyl sites for hydroxylation is 1. The number of rotatable bonds is 4. The van der Waals surface area contributed by atoms with Gasteiger partial charge >= 0.3 is 0 Å². The molecule has 0 unspecified atom stereocenters. The van der Waals surface area contributed by atoms with E-state index >= 15 is 0 Å². The second kappa shape index (κ2) is 4.89. The molecule has 0 fully saturated rings. The fourth-order valence-corrected chi connectivity index (χ4v) is 1.50. The SMILES string of the molecule is COCc1cc(NN)nc(-c2ccnn2C)n1. The third kappa shape index (κ3) is 2.40. The van der Waals surface area contributed by atoms with Crippen LogP contribution in [0, 0.1) is 0 Å². The molecular weight excluding hydrogens is 220 g/mol. The summed E-state index contributed by atoms with van der Waals surface area (Å²) in [6, 6.07) is 3.58. The Kier molecular flexibility index (Phi) is 3.31. The van der Waals surface area contributed by atoms with Crippen LogP contribution in [0.25, 0.3) is 11.5 Å². The van der Waals surface area contributed by atoms with E-state index in [-0.39, 0.29) is 0 Å². The molecule has 2 heterocycles. The lowest BCUT2D eigenvalue weighted by Gasteiger charge is -2.07. The van der Waals surface area contributed by atoms with Gasteiger partial charge in [-0.05, 0) is 6.07 Å². The number of nitrogens with two attached hydrogens (primary N) is 1. The Hall–Kier alpha value is -1.99. The predicted octanol–water partition coefficient (Wildman–Crippen LogP) is 0.309. The highest BCUT2D eigenvalue weighted by molar-refractivity contribution is 5.52. The Bertz CT molecular complexity index is 509. The van der Waals surface area contributed by atoms with Crippen LogP contribution in [-0.4, -0.2) is 26.9 Å². The first-order valence-corrected chi connectivity index (χ1v) is 5.06. The third-order valence-corrected chi connectivity index (χ3v) is 2.27. The van der Waals surface area contributed by atoms with E-state index in [0.717, 1.165) is 11.4 Å². The van der Waals surface area contributed by atoms with E-state index in [1.807, 2.05) is 13.1 Å². The van der Waals surface area contributed by atoms with Gasteiger partial charge in [0.15, 0.2) is 5.82 Å². The number of ether oxygens (including phenoxy) is 1. The van der Waals surface area contributed by atoms with Crippen LogP contribution in [-0.2, 0) is 18.4 Å². The summed E-state index contributed by atoms with van der Waals surface area (Å²) in [5, 5.41) is 4.08. The van der Waals surface area contributed by atoms with Gasteiger partial charge in [-0.25, -0.2) is 15.8 Å². The highest BCUT2D eigenvalue weighted by atomic mass is 16.5. The monoisotopic (exact) mass is 234 g/mol. The molecule has 7 heteroatoms. The number of hydrogen-bond donors (Lipinski definition) is 2. The number of nitrogens with zero attached hydrogens (tertiary/aromatic N) is 4. The minimum absolute atomic E-state index is 0.405. The highest BCUT2D eigenvalue weighted by Crippen LogP contribution is 2.16. The largest absolute Gasteiger partial charge is 0.378 e. The standard InChI is InChI=1S/C10H14N6O/c1-16-8(3-4-12-16)10-13-7(6-17-2)5-9(14-10)15-11/h3-5H,6,11H2,1-2H3,(H,13,14,15). The molecule has 90 valence electrons. The molecule has 0 bridgehead atoms. The van der Waals surface area contributed by atoms with Crippen molar-refractivity contribution in [2.75, 3.05) is 12.5 Å². The summed E-state index contributed by atoms with van der Waals surface area (Å²) >= 11 is 0. The Morgan fingerprint density at radius 1 is 1.47 bits per heavy atom. The summed E-state index contributed by atoms with van der Waals surface area (Å²) in [7, 11) is 3.44. The predicted molar refractivity (Wildman–Crippen MR) is 62.8 cm³/mol. The molecule has 0 aliphatic rings. The summed E-state index contributed by atoms with van der Waals surface area (Å²) in [6.07, 6.45) is 1.69. The molecule has 0 atom stereocenters. The van der Waals surface area contributed by atoms with Gasteiger partial charge in [0, 0.05) is 26.4 Å². The molecule has 17 heavy (non-hydrogen) atoms. The zero-order chi connectivity index (χ0) is 12.3. The normalized spacial score (nSPS) is 10.5. The lowest BCUT2D eigenvalue weighted by atomic mass is 10.3. The average Bonchev–Trinajstić information content (AvgIpc) is 2.75. The van der Waals surface area contributed by atoms with Gasteiger partial charge in [0.2, 0.25) is 0 Å². The first-order chi connectivity index (χ1) is 8.24. The summed E-state index contributed by atoms with van der Waals surface area (Å²) in [6.45, 7) is 0.405. The number of methoxy groups -OCH3 is 1. The molecule has 0 saturated heterocycles. The van der Waals surface area contributed by atoms with Crippen molar-refractivity contribution in [1.82, 2.24) is 19.7 Å². The third-order valence-electron chi connectivity index (χ3n) is 2.27. The minimum Gasteiger partial charge on any atom is -0.378 e. The van der Waals surface area contributed by atoms with E-state index in [1.54, 1.807) is 24.1 Å². The van der Waals surface area contributed by atoms with Crippen LogP contribution in [0.5, 0.6) is 0 Å². The van der Waals surface area contributed by atoms with Crippen LogP contribution < -0.4 is 11.3 Å². The molecule has 0 amide bonds. The quantitative estimate of drug-likeness (QED) is 0.584. The number of hydrazine groups is 1. The summed E-state index contributed by atoms with van der Waals surface area (Å²) in [4.78, 5) is 8.66. The maximum absolute atomic E-state index is 5.37. The maximum Gasteiger partial charge on any atom is 0.180 e. The summed E-state index contributed by atoms with van der Waals surface area (Å²) in [5.74, 6) is 6.48. The molecule has 0 spiro atoms. The molecule has 2 aromatic heterocycles. The Labute approximate surface area is 98.6 Å². The first-order valence-electron chi connectivity index (χ1n) is 5.06. The number of anilines is 1. The molecule has 0 radical (unpaired) electrons. The first kappa shape index (κ1) is 11.5. The van der Waals surface area contributed by atoms with Crippen molar-refractivity contribution in [3.63, 3.8) is 0 Å². The van der Waals surface area contributed by atoms with Gasteiger partial charge in [-0.3, -0.25) is 4.68 Å². The molecule has 0 aliphatic carbocycles. The van der Waals surface area contributed by atoms with Gasteiger partial charge in [0.1, 0.15) is 11.5 Å². The summed E-state index contributed by atoms with van der Waals surface area (Å²) in [5.41, 5.74) is 4.09. The number of nitrogens with one attached hydrogen (secondary N) is 1. The van der Waals surface area contributed by atoms with Crippen LogP contribution in [0.2, 0.25) is 0 Å². The number of aromatic nitrogens is 4. The van der Waals surface area contributed by atoms with E-state index in [1.165, 1.54) is 0 Å². The van der Waals surface area contributed by atoms with Crippen molar-refractivity contribution < 1.29 is 4.74 Å². The van der Waals surface area contributed by atoms with Gasteiger partial charge in [0.25, 0.3) is 0 Å². The fourth-order valence-electron chi connectivity index (χ4n) is 1.50. The van der Waals surface area contributed by atoms with E-state index in [0.29, 0.717) is 18.2 Å². The van der Waals surface area contributed by atoms with Gasteiger partial charge in [-0.2, -0.15) is 5.10 Å². The van der Waals surface area contributed by atoms with Crippen molar-refractivity contribution in [3.05, 3.63) is 24.0 Å². The fraction of sp³-hybridized carbons (Fsp3) is 0.300. The zero-order valence-corrected chi connectivity index (χ0v) is 9.71. The molecule has 3 N–H and O–H groups in total. The summed E-state index contributed by atoms with van der Waals surface area (Å²) < 4.78 is 6.75. The van der Waals surface area contributed by atoms with Crippen LogP contribution in [0.1, 0.15) is 5.69 Å². The molecule has 0 aromatic carbocycles. The molecule has 2 aromatic rings. The number of nitrogen functional groups attached to an aromatic ring is 1. The van der Waals surface area contributed by atoms with Crippen LogP contribution in [0.3, 0.4) is 0 Å². The van der Waals surface area contributed by atoms with E-state index in [9.17, 15) is 0 Å². The highest BCUT2D eigenvalue weighted by Gasteiger charge is 2.09. The average molecular weight is 234 g/mol. The van der Waals surface area contributed by atoms with Crippen LogP contribution in [0.15, 0.2) is 18.3 Å². The second-order valence-corrected chi connectivity index (χ2v) is 3.49. The molecule has 0 saturated carbocycles. The number of hydrogen-bond acceptors (Lipinski definition) is 6. The van der Waals surface area contributed by atoms with Gasteiger partial charge in [-0.15, -0.1) is 0 Å². The van der Waals surface area contributed by atoms with Crippen LogP contribution in [0.4, 0.5) is 5.82 Å². The maximum atomic E-state index is 5.37. The lowest BCUT2D eigenvalue weighted by molar-refractivity contribution is 0.181.